The van der Waals surface area contributed by atoms with E-state index >= 15 is 0 Å². The molecule has 0 spiro atoms. The molecule has 0 aromatic heterocycles. The van der Waals surface area contributed by atoms with Crippen LogP contribution in [0.15, 0.2) is 24.3 Å². The molecule has 0 fully saturated rings. The summed E-state index contributed by atoms with van der Waals surface area (Å²) in [6, 6.07) is 7.05. The Bertz CT molecular complexity index is 664. The maximum absolute atomic E-state index is 11.9. The second-order valence-electron chi connectivity index (χ2n) is 5.89. The van der Waals surface area contributed by atoms with Gasteiger partial charge in [-0.05, 0) is 43.8 Å². The normalized spacial score (nSPS) is 10.0. The predicted octanol–water partition coefficient (Wildman–Crippen LogP) is 3.36. The Kier molecular flexibility index (Phi) is 10.7. The van der Waals surface area contributed by atoms with E-state index < -0.39 is 5.97 Å². The number of esters is 1. The third-order valence-electron chi connectivity index (χ3n) is 3.53. The van der Waals surface area contributed by atoms with E-state index in [4.69, 9.17) is 17.0 Å². The van der Waals surface area contributed by atoms with Gasteiger partial charge in [-0.15, -0.1) is 0 Å². The lowest BCUT2D eigenvalue weighted by atomic mass is 10.2. The molecule has 0 heterocycles. The van der Waals surface area contributed by atoms with Crippen LogP contribution in [0.3, 0.4) is 0 Å². The summed E-state index contributed by atoms with van der Waals surface area (Å²) in [5.41, 5.74) is 1.29. The Morgan fingerprint density at radius 3 is 2.33 bits per heavy atom. The second kappa shape index (κ2) is 12.8. The number of thiocarbonyl (C=S) groups is 1. The summed E-state index contributed by atoms with van der Waals surface area (Å²) in [6.45, 7) is 4.08. The van der Waals surface area contributed by atoms with Crippen molar-refractivity contribution in [1.29, 1.82) is 0 Å². The van der Waals surface area contributed by atoms with E-state index in [-0.39, 0.29) is 36.4 Å². The topological polar surface area (TPSA) is 96.5 Å². The summed E-state index contributed by atoms with van der Waals surface area (Å²) in [6.07, 6.45) is 3.44. The lowest BCUT2D eigenvalue weighted by Gasteiger charge is -2.11. The number of ether oxygens (including phenoxy) is 1. The van der Waals surface area contributed by atoms with Gasteiger partial charge in [0.2, 0.25) is 11.8 Å². The lowest BCUT2D eigenvalue weighted by Crippen LogP contribution is -2.34. The van der Waals surface area contributed by atoms with Crippen LogP contribution in [0.25, 0.3) is 0 Å². The fourth-order valence-corrected chi connectivity index (χ4v) is 2.47. The number of hydrogen-bond acceptors (Lipinski definition) is 5. The summed E-state index contributed by atoms with van der Waals surface area (Å²) < 4.78 is 4.77. The number of hydrogen-bond donors (Lipinski definition) is 3. The second-order valence-corrected chi connectivity index (χ2v) is 6.30. The molecular formula is C19H27N3O4S. The fourth-order valence-electron chi connectivity index (χ4n) is 2.23. The number of carbonyl (C=O) groups is 3. The van der Waals surface area contributed by atoms with Crippen LogP contribution < -0.4 is 16.0 Å². The van der Waals surface area contributed by atoms with Crippen molar-refractivity contribution in [2.75, 3.05) is 17.2 Å². The van der Waals surface area contributed by atoms with Gasteiger partial charge < -0.3 is 20.7 Å². The third-order valence-corrected chi connectivity index (χ3v) is 3.73. The smallest absolute Gasteiger partial charge is 0.306 e. The van der Waals surface area contributed by atoms with Crippen LogP contribution in [-0.2, 0) is 19.1 Å². The molecule has 3 N–H and O–H groups in total. The molecule has 0 bridgehead atoms. The van der Waals surface area contributed by atoms with E-state index in [9.17, 15) is 14.4 Å². The monoisotopic (exact) mass is 393 g/mol. The number of anilines is 2. The largest absolute Gasteiger partial charge is 0.466 e. The van der Waals surface area contributed by atoms with Gasteiger partial charge in [0.25, 0.3) is 0 Å². The number of unbranched alkanes of at least 4 members (excludes halogenated alkanes) is 2. The molecule has 0 aliphatic carbocycles. The van der Waals surface area contributed by atoms with Crippen molar-refractivity contribution in [2.24, 2.45) is 0 Å². The third kappa shape index (κ3) is 10.3. The van der Waals surface area contributed by atoms with Crippen LogP contribution in [0.2, 0.25) is 0 Å². The average Bonchev–Trinajstić information content (AvgIpc) is 2.60. The number of nitrogens with one attached hydrogen (secondary N) is 3. The standard InChI is InChI=1S/C19H27N3O4S/c1-3-5-6-10-16(23)20-14-8-7-9-15(13-14)21-19(27)22-17(24)11-12-18(25)26-4-2/h7-9,13H,3-6,10-12H2,1-2H3,(H,20,23)(H2,21,22,24,27). The Balaban J connectivity index is 2.44. The van der Waals surface area contributed by atoms with Crippen molar-refractivity contribution in [3.63, 3.8) is 0 Å². The maximum Gasteiger partial charge on any atom is 0.306 e. The van der Waals surface area contributed by atoms with Crippen molar-refractivity contribution in [3.05, 3.63) is 24.3 Å². The van der Waals surface area contributed by atoms with E-state index in [0.29, 0.717) is 17.8 Å². The van der Waals surface area contributed by atoms with Gasteiger partial charge >= 0.3 is 5.97 Å². The molecule has 27 heavy (non-hydrogen) atoms. The molecule has 0 atom stereocenters. The van der Waals surface area contributed by atoms with E-state index in [1.165, 1.54) is 0 Å². The summed E-state index contributed by atoms with van der Waals surface area (Å²) in [7, 11) is 0. The van der Waals surface area contributed by atoms with Gasteiger partial charge in [0.05, 0.1) is 13.0 Å². The van der Waals surface area contributed by atoms with Crippen molar-refractivity contribution in [2.45, 2.75) is 52.4 Å². The van der Waals surface area contributed by atoms with E-state index in [2.05, 4.69) is 22.9 Å². The van der Waals surface area contributed by atoms with Gasteiger partial charge in [0.15, 0.2) is 5.11 Å². The van der Waals surface area contributed by atoms with Crippen LogP contribution in [-0.4, -0.2) is 29.5 Å². The fraction of sp³-hybridized carbons (Fsp3) is 0.474. The number of amides is 2. The summed E-state index contributed by atoms with van der Waals surface area (Å²) in [5, 5.41) is 8.35. The SMILES string of the molecule is CCCCCC(=O)Nc1cccc(NC(=S)NC(=O)CCC(=O)OCC)c1. The van der Waals surface area contributed by atoms with E-state index in [0.717, 1.165) is 19.3 Å². The molecule has 7 nitrogen and oxygen atoms in total. The first-order chi connectivity index (χ1) is 12.9. The maximum atomic E-state index is 11.9. The van der Waals surface area contributed by atoms with E-state index in [1.807, 2.05) is 0 Å². The van der Waals surface area contributed by atoms with Gasteiger partial charge in [0.1, 0.15) is 0 Å². The molecule has 0 saturated carbocycles. The Labute approximate surface area is 165 Å². The first kappa shape index (κ1) is 22.6. The van der Waals surface area contributed by atoms with Crippen molar-refractivity contribution in [1.82, 2.24) is 5.32 Å². The molecule has 0 aliphatic rings. The molecular weight excluding hydrogens is 366 g/mol. The zero-order valence-corrected chi connectivity index (χ0v) is 16.6. The molecule has 1 rings (SSSR count). The van der Waals surface area contributed by atoms with Gasteiger partial charge in [-0.2, -0.15) is 0 Å². The van der Waals surface area contributed by atoms with Crippen LogP contribution in [0.5, 0.6) is 0 Å². The van der Waals surface area contributed by atoms with Crippen molar-refractivity contribution < 1.29 is 19.1 Å². The molecule has 0 unspecified atom stereocenters. The quantitative estimate of drug-likeness (QED) is 0.320. The predicted molar refractivity (Wildman–Crippen MR) is 109 cm³/mol. The van der Waals surface area contributed by atoms with Crippen LogP contribution >= 0.6 is 12.2 Å². The average molecular weight is 394 g/mol. The first-order valence-electron chi connectivity index (χ1n) is 9.11. The number of rotatable bonds is 10. The molecule has 1 aromatic carbocycles. The van der Waals surface area contributed by atoms with Gasteiger partial charge in [-0.3, -0.25) is 14.4 Å². The van der Waals surface area contributed by atoms with Crippen molar-refractivity contribution in [3.8, 4) is 0 Å². The number of benzene rings is 1. The van der Waals surface area contributed by atoms with Crippen LogP contribution in [0.1, 0.15) is 52.4 Å². The highest BCUT2D eigenvalue weighted by molar-refractivity contribution is 7.80. The van der Waals surface area contributed by atoms with Crippen LogP contribution in [0.4, 0.5) is 11.4 Å². The van der Waals surface area contributed by atoms with E-state index in [1.54, 1.807) is 31.2 Å². The molecule has 148 valence electrons. The summed E-state index contributed by atoms with van der Waals surface area (Å²) >= 11 is 5.10. The van der Waals surface area contributed by atoms with Gasteiger partial charge in [-0.25, -0.2) is 0 Å². The zero-order chi connectivity index (χ0) is 20.1. The van der Waals surface area contributed by atoms with Gasteiger partial charge in [0, 0.05) is 24.2 Å². The Morgan fingerprint density at radius 1 is 0.963 bits per heavy atom. The Morgan fingerprint density at radius 2 is 1.67 bits per heavy atom. The van der Waals surface area contributed by atoms with Crippen LogP contribution in [0, 0.1) is 0 Å². The number of carbonyl (C=O) groups excluding carboxylic acids is 3. The highest BCUT2D eigenvalue weighted by Gasteiger charge is 2.09. The molecule has 0 aliphatic heterocycles. The highest BCUT2D eigenvalue weighted by Crippen LogP contribution is 2.15. The van der Waals surface area contributed by atoms with Crippen molar-refractivity contribution >= 4 is 46.5 Å². The van der Waals surface area contributed by atoms with Gasteiger partial charge in [-0.1, -0.05) is 25.8 Å². The minimum absolute atomic E-state index is 0.00182. The Hall–Kier alpha value is -2.48. The molecule has 2 amide bonds. The zero-order valence-electron chi connectivity index (χ0n) is 15.8. The lowest BCUT2D eigenvalue weighted by molar-refractivity contribution is -0.144. The first-order valence-corrected chi connectivity index (χ1v) is 9.51. The summed E-state index contributed by atoms with van der Waals surface area (Å²) in [4.78, 5) is 34.9. The molecule has 0 radical (unpaired) electrons. The molecule has 8 heteroatoms. The molecule has 0 saturated heterocycles. The highest BCUT2D eigenvalue weighted by atomic mass is 32.1. The minimum Gasteiger partial charge on any atom is -0.466 e. The minimum atomic E-state index is -0.422. The summed E-state index contributed by atoms with van der Waals surface area (Å²) in [5.74, 6) is -0.828. The molecule has 1 aromatic rings.